The molecule has 2 rings (SSSR count). The van der Waals surface area contributed by atoms with E-state index in [1.807, 2.05) is 30.3 Å². The molecule has 0 atom stereocenters. The zero-order valence-corrected chi connectivity index (χ0v) is 9.20. The van der Waals surface area contributed by atoms with Gasteiger partial charge in [-0.25, -0.2) is 4.98 Å². The van der Waals surface area contributed by atoms with Crippen molar-refractivity contribution in [1.82, 2.24) is 4.98 Å². The van der Waals surface area contributed by atoms with Gasteiger partial charge in [0.25, 0.3) is 0 Å². The van der Waals surface area contributed by atoms with Crippen LogP contribution in [0.25, 0.3) is 0 Å². The molecule has 0 saturated carbocycles. The molecule has 0 saturated heterocycles. The average Bonchev–Trinajstić information content (AvgIpc) is 2.39. The zero-order chi connectivity index (χ0) is 13.0. The molecule has 18 heavy (non-hydrogen) atoms. The second kappa shape index (κ2) is 4.93. The second-order valence-electron chi connectivity index (χ2n) is 3.42. The molecule has 1 N–H and O–H groups in total. The number of hydrogen-bond acceptors (Lipinski definition) is 5. The molecule has 0 fully saturated rings. The van der Waals surface area contributed by atoms with Crippen molar-refractivity contribution in [3.8, 4) is 6.07 Å². The maximum Gasteiger partial charge on any atom is 0.305 e. The number of nitrogens with one attached hydrogen (secondary N) is 1. The van der Waals surface area contributed by atoms with Gasteiger partial charge in [0.05, 0.1) is 4.92 Å². The third-order valence-corrected chi connectivity index (χ3v) is 2.22. The van der Waals surface area contributed by atoms with E-state index in [1.165, 1.54) is 12.1 Å². The van der Waals surface area contributed by atoms with Crippen molar-refractivity contribution in [3.05, 3.63) is 58.3 Å². The SMILES string of the molecule is N#Cc1nc(Nc2ccccc2)ccc1[N+](=O)[O-]. The fourth-order valence-corrected chi connectivity index (χ4v) is 1.42. The van der Waals surface area contributed by atoms with Gasteiger partial charge in [-0.3, -0.25) is 10.1 Å². The zero-order valence-electron chi connectivity index (χ0n) is 9.20. The summed E-state index contributed by atoms with van der Waals surface area (Å²) in [4.78, 5) is 13.9. The number of nitrogens with zero attached hydrogens (tertiary/aromatic N) is 3. The third kappa shape index (κ3) is 2.41. The number of para-hydroxylation sites is 1. The Morgan fingerprint density at radius 2 is 1.94 bits per heavy atom. The third-order valence-electron chi connectivity index (χ3n) is 2.22. The van der Waals surface area contributed by atoms with Crippen LogP contribution in [0, 0.1) is 21.4 Å². The summed E-state index contributed by atoms with van der Waals surface area (Å²) in [5.74, 6) is 0.392. The fourth-order valence-electron chi connectivity index (χ4n) is 1.42. The molecule has 0 amide bonds. The van der Waals surface area contributed by atoms with Crippen LogP contribution in [-0.4, -0.2) is 9.91 Å². The van der Waals surface area contributed by atoms with E-state index in [2.05, 4.69) is 10.3 Å². The highest BCUT2D eigenvalue weighted by atomic mass is 16.6. The van der Waals surface area contributed by atoms with Crippen LogP contribution in [0.4, 0.5) is 17.2 Å². The highest BCUT2D eigenvalue weighted by molar-refractivity contribution is 5.59. The van der Waals surface area contributed by atoms with Crippen molar-refractivity contribution in [2.24, 2.45) is 0 Å². The van der Waals surface area contributed by atoms with Crippen LogP contribution < -0.4 is 5.32 Å². The summed E-state index contributed by atoms with van der Waals surface area (Å²) in [7, 11) is 0. The lowest BCUT2D eigenvalue weighted by molar-refractivity contribution is -0.385. The molecule has 6 nitrogen and oxygen atoms in total. The number of nitriles is 1. The van der Waals surface area contributed by atoms with E-state index in [9.17, 15) is 10.1 Å². The van der Waals surface area contributed by atoms with Crippen LogP contribution in [0.15, 0.2) is 42.5 Å². The molecule has 6 heteroatoms. The van der Waals surface area contributed by atoms with Gasteiger partial charge in [0.15, 0.2) is 0 Å². The van der Waals surface area contributed by atoms with Gasteiger partial charge >= 0.3 is 5.69 Å². The van der Waals surface area contributed by atoms with E-state index in [1.54, 1.807) is 6.07 Å². The van der Waals surface area contributed by atoms with Crippen LogP contribution in [0.1, 0.15) is 5.69 Å². The smallest absolute Gasteiger partial charge is 0.305 e. The summed E-state index contributed by atoms with van der Waals surface area (Å²) in [5, 5.41) is 22.4. The largest absolute Gasteiger partial charge is 0.340 e. The molecular weight excluding hydrogens is 232 g/mol. The average molecular weight is 240 g/mol. The lowest BCUT2D eigenvalue weighted by Gasteiger charge is -2.05. The quantitative estimate of drug-likeness (QED) is 0.657. The summed E-state index contributed by atoms with van der Waals surface area (Å²) >= 11 is 0. The predicted octanol–water partition coefficient (Wildman–Crippen LogP) is 2.61. The molecule has 2 aromatic rings. The summed E-state index contributed by atoms with van der Waals surface area (Å²) in [5.41, 5.74) is 0.291. The van der Waals surface area contributed by atoms with Crippen LogP contribution in [0.5, 0.6) is 0 Å². The number of pyridine rings is 1. The molecule has 1 aromatic carbocycles. The van der Waals surface area contributed by atoms with Crippen LogP contribution in [0.3, 0.4) is 0 Å². The Morgan fingerprint density at radius 1 is 1.22 bits per heavy atom. The molecule has 0 spiro atoms. The van der Waals surface area contributed by atoms with E-state index in [0.29, 0.717) is 5.82 Å². The van der Waals surface area contributed by atoms with Gasteiger partial charge in [-0.1, -0.05) is 18.2 Å². The first-order valence-corrected chi connectivity index (χ1v) is 5.08. The Labute approximate surface area is 103 Å². The molecule has 1 aromatic heterocycles. The van der Waals surface area contributed by atoms with Gasteiger partial charge in [0.1, 0.15) is 11.9 Å². The van der Waals surface area contributed by atoms with E-state index in [4.69, 9.17) is 5.26 Å². The first kappa shape index (κ1) is 11.5. The highest BCUT2D eigenvalue weighted by Gasteiger charge is 2.15. The second-order valence-corrected chi connectivity index (χ2v) is 3.42. The minimum Gasteiger partial charge on any atom is -0.340 e. The monoisotopic (exact) mass is 240 g/mol. The molecule has 0 unspecified atom stereocenters. The van der Waals surface area contributed by atoms with Crippen molar-refractivity contribution in [2.45, 2.75) is 0 Å². The van der Waals surface area contributed by atoms with Crippen molar-refractivity contribution in [1.29, 1.82) is 5.26 Å². The Hall–Kier alpha value is -2.94. The summed E-state index contributed by atoms with van der Waals surface area (Å²) < 4.78 is 0. The first-order chi connectivity index (χ1) is 8.70. The van der Waals surface area contributed by atoms with E-state index < -0.39 is 4.92 Å². The number of nitro groups is 1. The lowest BCUT2D eigenvalue weighted by atomic mass is 10.3. The predicted molar refractivity (Wildman–Crippen MR) is 65.3 cm³/mol. The molecule has 0 aliphatic carbocycles. The Kier molecular flexibility index (Phi) is 3.16. The number of benzene rings is 1. The van der Waals surface area contributed by atoms with E-state index >= 15 is 0 Å². The molecule has 1 heterocycles. The van der Waals surface area contributed by atoms with Gasteiger partial charge in [-0.15, -0.1) is 0 Å². The minimum absolute atomic E-state index is 0.207. The standard InChI is InChI=1S/C12H8N4O2/c13-8-10-11(16(17)18)6-7-12(15-10)14-9-4-2-1-3-5-9/h1-7H,(H,14,15). The molecule has 0 aliphatic rings. The normalized spacial score (nSPS) is 9.50. The fraction of sp³-hybridized carbons (Fsp3) is 0. The van der Waals surface area contributed by atoms with Crippen molar-refractivity contribution < 1.29 is 4.92 Å². The maximum absolute atomic E-state index is 10.6. The molecule has 0 radical (unpaired) electrons. The number of rotatable bonds is 3. The van der Waals surface area contributed by atoms with Gasteiger partial charge in [0, 0.05) is 11.8 Å². The number of anilines is 2. The molecule has 88 valence electrons. The molecule has 0 aliphatic heterocycles. The van der Waals surface area contributed by atoms with Gasteiger partial charge in [-0.05, 0) is 18.2 Å². The van der Waals surface area contributed by atoms with Gasteiger partial charge in [0.2, 0.25) is 5.69 Å². The lowest BCUT2D eigenvalue weighted by Crippen LogP contribution is -1.99. The van der Waals surface area contributed by atoms with Crippen molar-refractivity contribution in [3.63, 3.8) is 0 Å². The van der Waals surface area contributed by atoms with Crippen molar-refractivity contribution >= 4 is 17.2 Å². The van der Waals surface area contributed by atoms with Crippen LogP contribution in [0.2, 0.25) is 0 Å². The highest BCUT2D eigenvalue weighted by Crippen LogP contribution is 2.20. The topological polar surface area (TPSA) is 91.8 Å². The summed E-state index contributed by atoms with van der Waals surface area (Å²) in [6.45, 7) is 0. The Balaban J connectivity index is 2.32. The van der Waals surface area contributed by atoms with E-state index in [-0.39, 0.29) is 11.4 Å². The summed E-state index contributed by atoms with van der Waals surface area (Å²) in [6.07, 6.45) is 0. The Morgan fingerprint density at radius 3 is 2.56 bits per heavy atom. The Bertz CT molecular complexity index is 620. The summed E-state index contributed by atoms with van der Waals surface area (Å²) in [6, 6.07) is 13.7. The maximum atomic E-state index is 10.6. The van der Waals surface area contributed by atoms with Gasteiger partial charge < -0.3 is 5.32 Å². The van der Waals surface area contributed by atoms with Crippen molar-refractivity contribution in [2.75, 3.05) is 5.32 Å². The first-order valence-electron chi connectivity index (χ1n) is 5.08. The molecule has 0 bridgehead atoms. The van der Waals surface area contributed by atoms with Crippen LogP contribution >= 0.6 is 0 Å². The van der Waals surface area contributed by atoms with Gasteiger partial charge in [-0.2, -0.15) is 5.26 Å². The number of aromatic nitrogens is 1. The van der Waals surface area contributed by atoms with E-state index in [0.717, 1.165) is 5.69 Å². The number of hydrogen-bond donors (Lipinski definition) is 1. The minimum atomic E-state index is -0.627. The molecular formula is C12H8N4O2. The van der Waals surface area contributed by atoms with Crippen LogP contribution in [-0.2, 0) is 0 Å².